The van der Waals surface area contributed by atoms with Gasteiger partial charge in [-0.25, -0.2) is 0 Å². The number of carbonyl (C=O) groups is 1. The van der Waals surface area contributed by atoms with Gasteiger partial charge in [0.25, 0.3) is 5.91 Å². The van der Waals surface area contributed by atoms with Gasteiger partial charge in [0.05, 0.1) is 11.8 Å². The van der Waals surface area contributed by atoms with Crippen molar-refractivity contribution in [3.05, 3.63) is 11.8 Å². The molecule has 0 aliphatic heterocycles. The lowest BCUT2D eigenvalue weighted by molar-refractivity contribution is -0.118. The Hall–Kier alpha value is -0.990. The van der Waals surface area contributed by atoms with Gasteiger partial charge in [-0.1, -0.05) is 33.1 Å². The number of amides is 1. The van der Waals surface area contributed by atoms with Gasteiger partial charge >= 0.3 is 0 Å². The summed E-state index contributed by atoms with van der Waals surface area (Å²) < 4.78 is 0. The van der Waals surface area contributed by atoms with E-state index in [1.54, 1.807) is 0 Å². The molecule has 1 fully saturated rings. The van der Waals surface area contributed by atoms with E-state index in [1.807, 2.05) is 13.8 Å². The fraction of sp³-hybridized carbons (Fsp3) is 0.750. The monoisotopic (exact) mass is 211 g/mol. The van der Waals surface area contributed by atoms with E-state index in [4.69, 9.17) is 5.11 Å². The third kappa shape index (κ3) is 3.57. The highest BCUT2D eigenvalue weighted by atomic mass is 16.2. The maximum absolute atomic E-state index is 11.7. The van der Waals surface area contributed by atoms with Gasteiger partial charge in [-0.2, -0.15) is 0 Å². The molecule has 0 saturated heterocycles. The van der Waals surface area contributed by atoms with Crippen molar-refractivity contribution in [1.29, 1.82) is 0 Å². The fourth-order valence-electron chi connectivity index (χ4n) is 1.99. The van der Waals surface area contributed by atoms with Crippen LogP contribution in [0.5, 0.6) is 0 Å². The normalized spacial score (nSPS) is 19.3. The molecule has 0 radical (unpaired) electrons. The van der Waals surface area contributed by atoms with Crippen LogP contribution >= 0.6 is 0 Å². The molecule has 1 rings (SSSR count). The van der Waals surface area contributed by atoms with Crippen molar-refractivity contribution >= 4 is 5.91 Å². The van der Waals surface area contributed by atoms with Crippen LogP contribution in [0.25, 0.3) is 0 Å². The Morgan fingerprint density at radius 2 is 1.93 bits per heavy atom. The number of hydrogen-bond acceptors (Lipinski definition) is 2. The summed E-state index contributed by atoms with van der Waals surface area (Å²) in [6.07, 6.45) is 6.75. The molecular formula is C12H21NO2. The standard InChI is InChI=1S/C12H21NO2/c1-9(2)11(8-14)12(15)13-10-6-4-3-5-7-10/h8-10,14H,3-7H2,1-2H3,(H,13,15)/b11-8+. The van der Waals surface area contributed by atoms with Crippen molar-refractivity contribution in [2.75, 3.05) is 0 Å². The molecule has 15 heavy (non-hydrogen) atoms. The first-order valence-corrected chi connectivity index (χ1v) is 5.80. The Kier molecular flexibility index (Phi) is 4.66. The average molecular weight is 211 g/mol. The summed E-state index contributed by atoms with van der Waals surface area (Å²) in [5.74, 6) is -0.0435. The molecule has 0 aromatic rings. The summed E-state index contributed by atoms with van der Waals surface area (Å²) in [6, 6.07) is 0.306. The van der Waals surface area contributed by atoms with Crippen LogP contribution in [0.4, 0.5) is 0 Å². The summed E-state index contributed by atoms with van der Waals surface area (Å²) in [4.78, 5) is 11.7. The van der Waals surface area contributed by atoms with Gasteiger partial charge in [0.1, 0.15) is 0 Å². The summed E-state index contributed by atoms with van der Waals surface area (Å²) in [5, 5.41) is 12.0. The number of hydrogen-bond donors (Lipinski definition) is 2. The van der Waals surface area contributed by atoms with Crippen LogP contribution in [0, 0.1) is 5.92 Å². The number of aliphatic hydroxyl groups excluding tert-OH is 1. The third-order valence-electron chi connectivity index (χ3n) is 2.96. The van der Waals surface area contributed by atoms with Gasteiger partial charge in [-0.05, 0) is 18.8 Å². The Morgan fingerprint density at radius 1 is 1.33 bits per heavy atom. The van der Waals surface area contributed by atoms with Crippen LogP contribution in [0.3, 0.4) is 0 Å². The molecular weight excluding hydrogens is 190 g/mol. The highest BCUT2D eigenvalue weighted by molar-refractivity contribution is 5.93. The maximum Gasteiger partial charge on any atom is 0.250 e. The predicted octanol–water partition coefficient (Wildman–Crippen LogP) is 2.53. The number of rotatable bonds is 3. The number of aliphatic hydroxyl groups is 1. The molecule has 0 bridgehead atoms. The van der Waals surface area contributed by atoms with E-state index in [-0.39, 0.29) is 11.8 Å². The molecule has 0 aromatic heterocycles. The lowest BCUT2D eigenvalue weighted by Crippen LogP contribution is -2.37. The summed E-state index contributed by atoms with van der Waals surface area (Å²) >= 11 is 0. The van der Waals surface area contributed by atoms with Gasteiger partial charge in [0.2, 0.25) is 0 Å². The largest absolute Gasteiger partial charge is 0.515 e. The van der Waals surface area contributed by atoms with Crippen LogP contribution in [0.15, 0.2) is 11.8 Å². The van der Waals surface area contributed by atoms with Crippen molar-refractivity contribution in [2.24, 2.45) is 5.92 Å². The quantitative estimate of drug-likeness (QED) is 0.556. The molecule has 0 heterocycles. The minimum atomic E-state index is -0.112. The maximum atomic E-state index is 11.7. The first-order valence-electron chi connectivity index (χ1n) is 5.80. The van der Waals surface area contributed by atoms with E-state index < -0.39 is 0 Å². The zero-order valence-corrected chi connectivity index (χ0v) is 9.62. The molecule has 0 spiro atoms. The highest BCUT2D eigenvalue weighted by Crippen LogP contribution is 2.18. The van der Waals surface area contributed by atoms with E-state index >= 15 is 0 Å². The van der Waals surface area contributed by atoms with E-state index in [0.717, 1.165) is 19.1 Å². The Labute approximate surface area is 91.6 Å². The zero-order valence-electron chi connectivity index (χ0n) is 9.62. The third-order valence-corrected chi connectivity index (χ3v) is 2.96. The molecule has 0 unspecified atom stereocenters. The fourth-order valence-corrected chi connectivity index (χ4v) is 1.99. The summed E-state index contributed by atoms with van der Waals surface area (Å²) in [5.41, 5.74) is 0.473. The van der Waals surface area contributed by atoms with Crippen molar-refractivity contribution in [3.8, 4) is 0 Å². The van der Waals surface area contributed by atoms with Gasteiger partial charge in [0, 0.05) is 6.04 Å². The SMILES string of the molecule is CC(C)/C(=C\O)C(=O)NC1CCCCC1. The topological polar surface area (TPSA) is 49.3 Å². The van der Waals surface area contributed by atoms with Crippen molar-refractivity contribution in [3.63, 3.8) is 0 Å². The van der Waals surface area contributed by atoms with Crippen molar-refractivity contribution in [1.82, 2.24) is 5.32 Å². The predicted molar refractivity (Wildman–Crippen MR) is 60.6 cm³/mol. The second-order valence-electron chi connectivity index (χ2n) is 4.55. The smallest absolute Gasteiger partial charge is 0.250 e. The zero-order chi connectivity index (χ0) is 11.3. The minimum Gasteiger partial charge on any atom is -0.515 e. The first kappa shape index (κ1) is 12.1. The van der Waals surface area contributed by atoms with Gasteiger partial charge in [-0.15, -0.1) is 0 Å². The molecule has 3 heteroatoms. The molecule has 1 aliphatic carbocycles. The van der Waals surface area contributed by atoms with E-state index in [9.17, 15) is 4.79 Å². The Morgan fingerprint density at radius 3 is 2.40 bits per heavy atom. The molecule has 0 aromatic carbocycles. The second-order valence-corrected chi connectivity index (χ2v) is 4.55. The number of nitrogens with one attached hydrogen (secondary N) is 1. The average Bonchev–Trinajstić information content (AvgIpc) is 2.19. The number of carbonyl (C=O) groups excluding carboxylic acids is 1. The molecule has 2 N–H and O–H groups in total. The lowest BCUT2D eigenvalue weighted by Gasteiger charge is -2.23. The molecule has 1 aliphatic rings. The van der Waals surface area contributed by atoms with Gasteiger partial charge < -0.3 is 10.4 Å². The van der Waals surface area contributed by atoms with Crippen LogP contribution in [0.1, 0.15) is 46.0 Å². The minimum absolute atomic E-state index is 0.0681. The first-order chi connectivity index (χ1) is 7.15. The van der Waals surface area contributed by atoms with Crippen LogP contribution in [-0.2, 0) is 4.79 Å². The van der Waals surface area contributed by atoms with Crippen molar-refractivity contribution in [2.45, 2.75) is 52.0 Å². The Balaban J connectivity index is 2.46. The van der Waals surface area contributed by atoms with Gasteiger partial charge in [-0.3, -0.25) is 4.79 Å². The molecule has 86 valence electrons. The molecule has 0 atom stereocenters. The molecule has 1 saturated carbocycles. The van der Waals surface area contributed by atoms with E-state index in [1.165, 1.54) is 19.3 Å². The summed E-state index contributed by atoms with van der Waals surface area (Å²) in [7, 11) is 0. The molecule has 3 nitrogen and oxygen atoms in total. The van der Waals surface area contributed by atoms with E-state index in [2.05, 4.69) is 5.32 Å². The lowest BCUT2D eigenvalue weighted by atomic mass is 9.94. The van der Waals surface area contributed by atoms with Crippen molar-refractivity contribution < 1.29 is 9.90 Å². The van der Waals surface area contributed by atoms with Crippen LogP contribution in [-0.4, -0.2) is 17.1 Å². The van der Waals surface area contributed by atoms with E-state index in [0.29, 0.717) is 11.6 Å². The molecule has 1 amide bonds. The van der Waals surface area contributed by atoms with Crippen LogP contribution < -0.4 is 5.32 Å². The summed E-state index contributed by atoms with van der Waals surface area (Å²) in [6.45, 7) is 3.81. The Bertz CT molecular complexity index is 240. The highest BCUT2D eigenvalue weighted by Gasteiger charge is 2.19. The van der Waals surface area contributed by atoms with Gasteiger partial charge in [0.15, 0.2) is 0 Å². The second kappa shape index (κ2) is 5.79. The van der Waals surface area contributed by atoms with Crippen LogP contribution in [0.2, 0.25) is 0 Å².